The number of hydrogen-bond donors (Lipinski definition) is 1. The molecule has 9 nitrogen and oxygen atoms in total. The monoisotopic (exact) mass is 356 g/mol. The molecule has 0 aliphatic heterocycles. The van der Waals surface area contributed by atoms with E-state index in [9.17, 15) is 9.59 Å². The highest BCUT2D eigenvalue weighted by Gasteiger charge is 2.16. The molecule has 3 aromatic rings. The third-order valence-corrected chi connectivity index (χ3v) is 4.02. The van der Waals surface area contributed by atoms with Crippen molar-refractivity contribution in [2.24, 2.45) is 26.2 Å². The first-order valence-corrected chi connectivity index (χ1v) is 8.08. The van der Waals surface area contributed by atoms with Gasteiger partial charge in [0.15, 0.2) is 11.2 Å². The smallest absolute Gasteiger partial charge is 0.332 e. The van der Waals surface area contributed by atoms with Crippen LogP contribution < -0.4 is 21.4 Å². The number of imidazole rings is 1. The molecule has 0 saturated heterocycles. The third kappa shape index (κ3) is 2.99. The van der Waals surface area contributed by atoms with Gasteiger partial charge in [-0.25, -0.2) is 10.2 Å². The van der Waals surface area contributed by atoms with Gasteiger partial charge in [-0.1, -0.05) is 12.1 Å². The fourth-order valence-corrected chi connectivity index (χ4v) is 2.63. The van der Waals surface area contributed by atoms with E-state index in [0.717, 1.165) is 15.9 Å². The number of nitrogens with zero attached hydrogens (tertiary/aromatic N) is 5. The van der Waals surface area contributed by atoms with Crippen LogP contribution in [0.5, 0.6) is 5.75 Å². The van der Waals surface area contributed by atoms with Crippen molar-refractivity contribution in [2.45, 2.75) is 6.92 Å². The first kappa shape index (κ1) is 17.5. The molecule has 0 saturated carbocycles. The van der Waals surface area contributed by atoms with Gasteiger partial charge in [0.1, 0.15) is 5.75 Å². The van der Waals surface area contributed by atoms with Gasteiger partial charge in [0.2, 0.25) is 5.95 Å². The minimum Gasteiger partial charge on any atom is -0.494 e. The maximum absolute atomic E-state index is 12.3. The zero-order valence-corrected chi connectivity index (χ0v) is 15.1. The Hall–Kier alpha value is -3.36. The van der Waals surface area contributed by atoms with Crippen LogP contribution in [0.2, 0.25) is 0 Å². The van der Waals surface area contributed by atoms with Crippen molar-refractivity contribution >= 4 is 23.3 Å². The molecule has 0 bridgehead atoms. The molecule has 0 amide bonds. The van der Waals surface area contributed by atoms with Crippen LogP contribution in [-0.4, -0.2) is 31.5 Å². The second-order valence-corrected chi connectivity index (χ2v) is 5.75. The van der Waals surface area contributed by atoms with Gasteiger partial charge in [0.05, 0.1) is 12.8 Å². The fraction of sp³-hybridized carbons (Fsp3) is 0.294. The highest BCUT2D eigenvalue weighted by Crippen LogP contribution is 2.14. The number of ether oxygens (including phenoxy) is 1. The number of rotatable bonds is 5. The Kier molecular flexibility index (Phi) is 4.61. The molecule has 0 unspecified atom stereocenters. The van der Waals surface area contributed by atoms with E-state index in [2.05, 4.69) is 15.5 Å². The van der Waals surface area contributed by atoms with Crippen molar-refractivity contribution in [3.05, 3.63) is 50.7 Å². The summed E-state index contributed by atoms with van der Waals surface area (Å²) in [5.41, 5.74) is 3.46. The molecule has 0 aliphatic rings. The molecule has 1 N–H and O–H groups in total. The van der Waals surface area contributed by atoms with E-state index >= 15 is 0 Å². The first-order chi connectivity index (χ1) is 12.4. The lowest BCUT2D eigenvalue weighted by Gasteiger charge is -2.04. The second-order valence-electron chi connectivity index (χ2n) is 5.75. The predicted molar refractivity (Wildman–Crippen MR) is 100 cm³/mol. The number of aromatic nitrogens is 4. The van der Waals surface area contributed by atoms with Crippen LogP contribution in [0.4, 0.5) is 5.95 Å². The van der Waals surface area contributed by atoms with E-state index in [4.69, 9.17) is 4.74 Å². The molecule has 26 heavy (non-hydrogen) atoms. The van der Waals surface area contributed by atoms with Gasteiger partial charge in [-0.05, 0) is 24.6 Å². The summed E-state index contributed by atoms with van der Waals surface area (Å²) >= 11 is 0. The van der Waals surface area contributed by atoms with Gasteiger partial charge in [-0.2, -0.15) is 10.1 Å². The molecule has 0 radical (unpaired) electrons. The number of hydrazone groups is 1. The highest BCUT2D eigenvalue weighted by molar-refractivity contribution is 5.81. The topological polar surface area (TPSA) is 95.4 Å². The van der Waals surface area contributed by atoms with E-state index in [1.54, 1.807) is 24.9 Å². The Bertz CT molecular complexity index is 1110. The summed E-state index contributed by atoms with van der Waals surface area (Å²) in [6, 6.07) is 7.50. The molecule has 0 atom stereocenters. The average molecular weight is 356 g/mol. The summed E-state index contributed by atoms with van der Waals surface area (Å²) in [4.78, 5) is 28.7. The molecular weight excluding hydrogens is 336 g/mol. The molecule has 9 heteroatoms. The van der Waals surface area contributed by atoms with Gasteiger partial charge in [-0.3, -0.25) is 13.9 Å². The Morgan fingerprint density at radius 1 is 1.19 bits per heavy atom. The van der Waals surface area contributed by atoms with Crippen molar-refractivity contribution < 1.29 is 4.74 Å². The zero-order valence-electron chi connectivity index (χ0n) is 15.1. The summed E-state index contributed by atoms with van der Waals surface area (Å²) in [5.74, 6) is 1.12. The van der Waals surface area contributed by atoms with Crippen LogP contribution >= 0.6 is 0 Å². The quantitative estimate of drug-likeness (QED) is 0.539. The summed E-state index contributed by atoms with van der Waals surface area (Å²) in [6.45, 7) is 2.51. The molecule has 3 rings (SSSR count). The van der Waals surface area contributed by atoms with Crippen LogP contribution in [0.3, 0.4) is 0 Å². The lowest BCUT2D eigenvalue weighted by atomic mass is 10.2. The number of fused-ring (bicyclic) bond motifs is 1. The van der Waals surface area contributed by atoms with Crippen molar-refractivity contribution in [3.63, 3.8) is 0 Å². The first-order valence-electron chi connectivity index (χ1n) is 8.08. The molecular formula is C17H20N6O3. The summed E-state index contributed by atoms with van der Waals surface area (Å²) in [6.07, 6.45) is 1.62. The Balaban J connectivity index is 1.93. The van der Waals surface area contributed by atoms with E-state index in [0.29, 0.717) is 23.7 Å². The molecule has 2 heterocycles. The lowest BCUT2D eigenvalue weighted by Crippen LogP contribution is -2.37. The van der Waals surface area contributed by atoms with Crippen LogP contribution in [-0.2, 0) is 21.1 Å². The molecule has 0 fully saturated rings. The lowest BCUT2D eigenvalue weighted by molar-refractivity contribution is 0.340. The third-order valence-electron chi connectivity index (χ3n) is 4.02. The molecule has 0 aliphatic carbocycles. The number of anilines is 1. The van der Waals surface area contributed by atoms with E-state index < -0.39 is 11.2 Å². The maximum atomic E-state index is 12.3. The van der Waals surface area contributed by atoms with E-state index in [1.165, 1.54) is 11.6 Å². The Morgan fingerprint density at radius 2 is 1.96 bits per heavy atom. The standard InChI is InChI=1S/C17H20N6O3/c1-5-26-12-8-6-7-11(9-12)10-18-20-16-19-14-13(21(16)2)15(24)23(4)17(25)22(14)3/h6-10H,5H2,1-4H3,(H,19,20)/b18-10-. The van der Waals surface area contributed by atoms with E-state index in [1.807, 2.05) is 31.2 Å². The molecule has 136 valence electrons. The summed E-state index contributed by atoms with van der Waals surface area (Å²) < 4.78 is 9.41. The number of nitrogens with one attached hydrogen (secondary N) is 1. The van der Waals surface area contributed by atoms with Gasteiger partial charge in [0, 0.05) is 21.1 Å². The van der Waals surface area contributed by atoms with Gasteiger partial charge in [0.25, 0.3) is 5.56 Å². The highest BCUT2D eigenvalue weighted by atomic mass is 16.5. The summed E-state index contributed by atoms with van der Waals surface area (Å²) in [5, 5.41) is 4.16. The molecule has 2 aromatic heterocycles. The number of hydrogen-bond acceptors (Lipinski definition) is 6. The summed E-state index contributed by atoms with van der Waals surface area (Å²) in [7, 11) is 4.70. The normalized spacial score (nSPS) is 11.4. The van der Waals surface area contributed by atoms with Crippen LogP contribution in [0.25, 0.3) is 11.2 Å². The Labute approximate surface area is 149 Å². The van der Waals surface area contributed by atoms with Crippen molar-refractivity contribution in [1.29, 1.82) is 0 Å². The molecule has 1 aromatic carbocycles. The number of benzene rings is 1. The van der Waals surface area contributed by atoms with Crippen LogP contribution in [0, 0.1) is 0 Å². The minimum atomic E-state index is -0.427. The van der Waals surface area contributed by atoms with Crippen molar-refractivity contribution in [2.75, 3.05) is 12.0 Å². The maximum Gasteiger partial charge on any atom is 0.332 e. The van der Waals surface area contributed by atoms with Crippen molar-refractivity contribution in [1.82, 2.24) is 18.7 Å². The SMILES string of the molecule is CCOc1cccc(/C=N\Nc2nc3c(c(=O)n(C)c(=O)n3C)n2C)c1. The Morgan fingerprint density at radius 3 is 2.69 bits per heavy atom. The van der Waals surface area contributed by atoms with Crippen LogP contribution in [0.15, 0.2) is 39.0 Å². The largest absolute Gasteiger partial charge is 0.494 e. The average Bonchev–Trinajstić information content (AvgIpc) is 2.96. The van der Waals surface area contributed by atoms with E-state index in [-0.39, 0.29) is 0 Å². The minimum absolute atomic E-state index is 0.302. The van der Waals surface area contributed by atoms with Gasteiger partial charge in [-0.15, -0.1) is 0 Å². The fourth-order valence-electron chi connectivity index (χ4n) is 2.63. The van der Waals surface area contributed by atoms with Gasteiger partial charge < -0.3 is 9.30 Å². The zero-order chi connectivity index (χ0) is 18.8. The predicted octanol–water partition coefficient (Wildman–Crippen LogP) is 0.815. The second kappa shape index (κ2) is 6.87. The van der Waals surface area contributed by atoms with Gasteiger partial charge >= 0.3 is 5.69 Å². The van der Waals surface area contributed by atoms with Crippen molar-refractivity contribution in [3.8, 4) is 5.75 Å². The van der Waals surface area contributed by atoms with Crippen LogP contribution in [0.1, 0.15) is 12.5 Å². The number of aryl methyl sites for hydroxylation is 2. The molecule has 0 spiro atoms.